The van der Waals surface area contributed by atoms with Gasteiger partial charge in [0.25, 0.3) is 11.6 Å². The number of carbonyl (C=O) groups excluding carboxylic acids is 1. The number of halogens is 2. The zero-order valence-electron chi connectivity index (χ0n) is 15.3. The number of carbonyl (C=O) groups is 1. The summed E-state index contributed by atoms with van der Waals surface area (Å²) in [7, 11) is 0. The first-order valence-electron chi connectivity index (χ1n) is 8.84. The molecule has 0 atom stereocenters. The molecule has 8 heteroatoms. The van der Waals surface area contributed by atoms with Gasteiger partial charge in [0, 0.05) is 16.7 Å². The van der Waals surface area contributed by atoms with Crippen molar-refractivity contribution in [2.45, 2.75) is 0 Å². The van der Waals surface area contributed by atoms with Gasteiger partial charge < -0.3 is 0 Å². The topological polar surface area (TPSA) is 75.8 Å². The average Bonchev–Trinajstić information content (AvgIpc) is 3.05. The van der Waals surface area contributed by atoms with Gasteiger partial charge in [0.05, 0.1) is 21.2 Å². The maximum atomic E-state index is 13.3. The molecule has 4 rings (SSSR count). The molecule has 0 spiro atoms. The van der Waals surface area contributed by atoms with Gasteiger partial charge in [0.15, 0.2) is 0 Å². The fourth-order valence-electron chi connectivity index (χ4n) is 3.09. The molecule has 1 aliphatic heterocycles. The van der Waals surface area contributed by atoms with Crippen molar-refractivity contribution in [1.29, 1.82) is 0 Å². The molecule has 0 bridgehead atoms. The van der Waals surface area contributed by atoms with Gasteiger partial charge in [-0.2, -0.15) is 0 Å². The number of rotatable bonds is 4. The van der Waals surface area contributed by atoms with E-state index in [1.54, 1.807) is 66.7 Å². The van der Waals surface area contributed by atoms with Crippen molar-refractivity contribution in [2.24, 2.45) is 4.99 Å². The molecule has 1 heterocycles. The van der Waals surface area contributed by atoms with Crippen LogP contribution in [0.4, 0.5) is 11.4 Å². The second-order valence-electron chi connectivity index (χ2n) is 6.38. The van der Waals surface area contributed by atoms with E-state index in [9.17, 15) is 14.9 Å². The van der Waals surface area contributed by atoms with Crippen molar-refractivity contribution in [1.82, 2.24) is 0 Å². The van der Waals surface area contributed by atoms with E-state index in [1.807, 2.05) is 0 Å². The highest BCUT2D eigenvalue weighted by Crippen LogP contribution is 2.32. The van der Waals surface area contributed by atoms with Gasteiger partial charge in [0.2, 0.25) is 0 Å². The molecule has 6 nitrogen and oxygen atoms in total. The lowest BCUT2D eigenvalue weighted by Crippen LogP contribution is -2.32. The van der Waals surface area contributed by atoms with Crippen LogP contribution in [0.5, 0.6) is 0 Å². The number of hydrogen-bond donors (Lipinski definition) is 0. The maximum Gasteiger partial charge on any atom is 0.282 e. The fourth-order valence-corrected chi connectivity index (χ4v) is 3.44. The SMILES string of the molecule is O=C1/C(=C\c2ccccc2[N+](=O)[O-])N=C(c2ccccc2Cl)N1c1ccc(Cl)cc1. The molecule has 0 fully saturated rings. The van der Waals surface area contributed by atoms with Gasteiger partial charge in [-0.1, -0.05) is 47.5 Å². The smallest absolute Gasteiger partial charge is 0.266 e. The molecule has 0 N–H and O–H groups in total. The number of anilines is 1. The Hall–Kier alpha value is -3.48. The Morgan fingerprint density at radius 1 is 0.933 bits per heavy atom. The van der Waals surface area contributed by atoms with E-state index >= 15 is 0 Å². The van der Waals surface area contributed by atoms with Gasteiger partial charge in [-0.15, -0.1) is 0 Å². The molecule has 3 aromatic carbocycles. The highest BCUT2D eigenvalue weighted by atomic mass is 35.5. The summed E-state index contributed by atoms with van der Waals surface area (Å²) in [4.78, 5) is 30.0. The monoisotopic (exact) mass is 437 g/mol. The molecule has 1 aliphatic rings. The zero-order chi connectivity index (χ0) is 21.3. The third-order valence-corrected chi connectivity index (χ3v) is 5.07. The average molecular weight is 438 g/mol. The Morgan fingerprint density at radius 3 is 2.30 bits per heavy atom. The zero-order valence-corrected chi connectivity index (χ0v) is 16.8. The molecule has 0 aliphatic carbocycles. The summed E-state index contributed by atoms with van der Waals surface area (Å²) in [6.07, 6.45) is 1.41. The molecule has 0 saturated carbocycles. The van der Waals surface area contributed by atoms with Crippen molar-refractivity contribution in [3.8, 4) is 0 Å². The van der Waals surface area contributed by atoms with E-state index in [1.165, 1.54) is 17.0 Å². The van der Waals surface area contributed by atoms with Crippen molar-refractivity contribution >= 4 is 52.4 Å². The first-order valence-corrected chi connectivity index (χ1v) is 9.60. The van der Waals surface area contributed by atoms with E-state index in [0.29, 0.717) is 27.1 Å². The van der Waals surface area contributed by atoms with Crippen LogP contribution in [0.15, 0.2) is 83.5 Å². The molecular weight excluding hydrogens is 425 g/mol. The quantitative estimate of drug-likeness (QED) is 0.296. The molecule has 148 valence electrons. The second kappa shape index (κ2) is 8.10. The summed E-state index contributed by atoms with van der Waals surface area (Å²) in [5.41, 5.74) is 1.35. The molecule has 0 radical (unpaired) electrons. The lowest BCUT2D eigenvalue weighted by atomic mass is 10.1. The minimum Gasteiger partial charge on any atom is -0.266 e. The van der Waals surface area contributed by atoms with Gasteiger partial charge in [-0.05, 0) is 48.5 Å². The summed E-state index contributed by atoms with van der Waals surface area (Å²) in [5, 5.41) is 12.3. The highest BCUT2D eigenvalue weighted by molar-refractivity contribution is 6.39. The van der Waals surface area contributed by atoms with E-state index < -0.39 is 10.8 Å². The molecule has 30 heavy (non-hydrogen) atoms. The number of aliphatic imine (C=N–C) groups is 1. The number of amides is 1. The first-order chi connectivity index (χ1) is 14.5. The number of nitro groups is 1. The summed E-state index contributed by atoms with van der Waals surface area (Å²) >= 11 is 12.3. The lowest BCUT2D eigenvalue weighted by molar-refractivity contribution is -0.385. The Labute approximate surface area is 181 Å². The fraction of sp³-hybridized carbons (Fsp3) is 0. The van der Waals surface area contributed by atoms with Crippen molar-refractivity contribution < 1.29 is 9.72 Å². The maximum absolute atomic E-state index is 13.3. The Bertz CT molecular complexity index is 1220. The van der Waals surface area contributed by atoms with Crippen LogP contribution in [0.1, 0.15) is 11.1 Å². The second-order valence-corrected chi connectivity index (χ2v) is 7.22. The van der Waals surface area contributed by atoms with Crippen molar-refractivity contribution in [3.63, 3.8) is 0 Å². The Kier molecular flexibility index (Phi) is 5.35. The number of hydrogen-bond acceptors (Lipinski definition) is 4. The molecule has 0 aromatic heterocycles. The summed E-state index contributed by atoms with van der Waals surface area (Å²) in [5.74, 6) is -0.0943. The summed E-state index contributed by atoms with van der Waals surface area (Å²) in [6, 6.07) is 19.9. The third-order valence-electron chi connectivity index (χ3n) is 4.49. The molecule has 0 saturated heterocycles. The molecular formula is C22H13Cl2N3O3. The Balaban J connectivity index is 1.88. The summed E-state index contributed by atoms with van der Waals surface area (Å²) in [6.45, 7) is 0. The lowest BCUT2D eigenvalue weighted by Gasteiger charge is -2.19. The van der Waals surface area contributed by atoms with Crippen LogP contribution in [0.25, 0.3) is 6.08 Å². The predicted molar refractivity (Wildman–Crippen MR) is 118 cm³/mol. The largest absolute Gasteiger partial charge is 0.282 e. The number of amidine groups is 1. The number of nitrogens with zero attached hydrogens (tertiary/aromatic N) is 3. The number of benzene rings is 3. The third kappa shape index (κ3) is 3.70. The van der Waals surface area contributed by atoms with Gasteiger partial charge in [-0.3, -0.25) is 19.8 Å². The van der Waals surface area contributed by atoms with Crippen LogP contribution in [0, 0.1) is 10.1 Å². The number of para-hydroxylation sites is 1. The van der Waals surface area contributed by atoms with Crippen LogP contribution < -0.4 is 4.90 Å². The molecule has 3 aromatic rings. The normalized spacial score (nSPS) is 14.9. The van der Waals surface area contributed by atoms with E-state index in [-0.39, 0.29) is 16.9 Å². The van der Waals surface area contributed by atoms with Crippen LogP contribution in [-0.2, 0) is 4.79 Å². The Morgan fingerprint density at radius 2 is 1.60 bits per heavy atom. The summed E-state index contributed by atoms with van der Waals surface area (Å²) < 4.78 is 0. The van der Waals surface area contributed by atoms with Crippen LogP contribution in [0.2, 0.25) is 10.0 Å². The van der Waals surface area contributed by atoms with E-state index in [0.717, 1.165) is 0 Å². The molecule has 1 amide bonds. The van der Waals surface area contributed by atoms with Gasteiger partial charge >= 0.3 is 0 Å². The van der Waals surface area contributed by atoms with E-state index in [4.69, 9.17) is 23.2 Å². The predicted octanol–water partition coefficient (Wildman–Crippen LogP) is 5.74. The van der Waals surface area contributed by atoms with Crippen LogP contribution in [-0.4, -0.2) is 16.7 Å². The standard InChI is InChI=1S/C22H13Cl2N3O3/c23-15-9-11-16(12-10-15)26-21(17-6-2-3-7-18(17)24)25-19(22(26)28)13-14-5-1-4-8-20(14)27(29)30/h1-13H/b19-13+. The minimum absolute atomic E-state index is 0.0640. The van der Waals surface area contributed by atoms with Gasteiger partial charge in [-0.25, -0.2) is 4.99 Å². The van der Waals surface area contributed by atoms with Crippen LogP contribution >= 0.6 is 23.2 Å². The van der Waals surface area contributed by atoms with Crippen molar-refractivity contribution in [2.75, 3.05) is 4.90 Å². The highest BCUT2D eigenvalue weighted by Gasteiger charge is 2.33. The van der Waals surface area contributed by atoms with Gasteiger partial charge in [0.1, 0.15) is 11.5 Å². The first kappa shape index (κ1) is 19.8. The number of nitro benzene ring substituents is 1. The minimum atomic E-state index is -0.499. The van der Waals surface area contributed by atoms with E-state index in [2.05, 4.69) is 4.99 Å². The van der Waals surface area contributed by atoms with Crippen molar-refractivity contribution in [3.05, 3.63) is 110 Å². The molecule has 0 unspecified atom stereocenters. The van der Waals surface area contributed by atoms with Crippen LogP contribution in [0.3, 0.4) is 0 Å².